The Bertz CT molecular complexity index is 879. The van der Waals surface area contributed by atoms with E-state index in [1.54, 1.807) is 11.8 Å². The molecule has 4 heteroatoms. The molecule has 0 radical (unpaired) electrons. The normalized spacial score (nSPS) is 10.6. The number of thioether (sulfide) groups is 2. The van der Waals surface area contributed by atoms with E-state index in [0.717, 1.165) is 22.8 Å². The molecule has 0 heterocycles. The third kappa shape index (κ3) is 6.47. The van der Waals surface area contributed by atoms with Crippen LogP contribution < -0.4 is 5.32 Å². The summed E-state index contributed by atoms with van der Waals surface area (Å²) in [7, 11) is 0. The fourth-order valence-corrected chi connectivity index (χ4v) is 4.54. The van der Waals surface area contributed by atoms with E-state index in [2.05, 4.69) is 60.8 Å². The van der Waals surface area contributed by atoms with Gasteiger partial charge in [0.05, 0.1) is 0 Å². The predicted molar refractivity (Wildman–Crippen MR) is 122 cm³/mol. The summed E-state index contributed by atoms with van der Waals surface area (Å²) in [5.74, 6) is 2.79. The Labute approximate surface area is 176 Å². The first-order valence-electron chi connectivity index (χ1n) is 9.39. The number of hydrogen-bond acceptors (Lipinski definition) is 3. The highest BCUT2D eigenvalue weighted by Crippen LogP contribution is 2.22. The molecular weight excluding hydrogens is 382 g/mol. The zero-order chi connectivity index (χ0) is 19.6. The van der Waals surface area contributed by atoms with Crippen molar-refractivity contribution >= 4 is 29.4 Å². The van der Waals surface area contributed by atoms with Crippen LogP contribution in [0.3, 0.4) is 0 Å². The van der Waals surface area contributed by atoms with Gasteiger partial charge in [-0.1, -0.05) is 54.6 Å². The molecule has 144 valence electrons. The summed E-state index contributed by atoms with van der Waals surface area (Å²) in [4.78, 5) is 13.6. The van der Waals surface area contributed by atoms with Crippen LogP contribution in [-0.2, 0) is 11.5 Å². The first-order valence-corrected chi connectivity index (χ1v) is 11.5. The average Bonchev–Trinajstić information content (AvgIpc) is 2.74. The molecule has 0 atom stereocenters. The molecule has 1 amide bonds. The number of carbonyl (C=O) groups excluding carboxylic acids is 1. The molecule has 0 aliphatic carbocycles. The van der Waals surface area contributed by atoms with Gasteiger partial charge in [0.25, 0.3) is 5.91 Å². The van der Waals surface area contributed by atoms with E-state index in [0.29, 0.717) is 6.54 Å². The molecule has 0 aliphatic rings. The highest BCUT2D eigenvalue weighted by molar-refractivity contribution is 7.98. The molecule has 0 aliphatic heterocycles. The smallest absolute Gasteiger partial charge is 0.251 e. The summed E-state index contributed by atoms with van der Waals surface area (Å²) >= 11 is 3.65. The van der Waals surface area contributed by atoms with Crippen LogP contribution in [0, 0.1) is 6.92 Å². The van der Waals surface area contributed by atoms with E-state index in [4.69, 9.17) is 0 Å². The second kappa shape index (κ2) is 11.0. The van der Waals surface area contributed by atoms with Gasteiger partial charge in [-0.15, -0.1) is 11.8 Å². The van der Waals surface area contributed by atoms with Crippen molar-refractivity contribution in [3.63, 3.8) is 0 Å². The number of nitrogens with one attached hydrogen (secondary N) is 1. The van der Waals surface area contributed by atoms with Gasteiger partial charge in [0, 0.05) is 34.3 Å². The third-order valence-corrected chi connectivity index (χ3v) is 6.51. The Morgan fingerprint density at radius 3 is 2.32 bits per heavy atom. The lowest BCUT2D eigenvalue weighted by atomic mass is 10.1. The monoisotopic (exact) mass is 407 g/mol. The van der Waals surface area contributed by atoms with Crippen LogP contribution in [0.2, 0.25) is 0 Å². The first kappa shape index (κ1) is 20.6. The van der Waals surface area contributed by atoms with E-state index >= 15 is 0 Å². The molecule has 0 spiro atoms. The fraction of sp³-hybridized carbons (Fsp3) is 0.208. The van der Waals surface area contributed by atoms with E-state index in [1.165, 1.54) is 21.6 Å². The second-order valence-corrected chi connectivity index (χ2v) is 8.69. The molecule has 3 rings (SSSR count). The Hall–Kier alpha value is -2.17. The largest absolute Gasteiger partial charge is 0.351 e. The zero-order valence-electron chi connectivity index (χ0n) is 16.1. The Morgan fingerprint density at radius 1 is 0.857 bits per heavy atom. The summed E-state index contributed by atoms with van der Waals surface area (Å²) in [6.45, 7) is 2.82. The quantitative estimate of drug-likeness (QED) is 0.351. The summed E-state index contributed by atoms with van der Waals surface area (Å²) in [6.07, 6.45) is 0. The van der Waals surface area contributed by atoms with Gasteiger partial charge in [-0.2, -0.15) is 11.8 Å². The van der Waals surface area contributed by atoms with Crippen LogP contribution >= 0.6 is 23.5 Å². The van der Waals surface area contributed by atoms with Crippen LogP contribution in [0.5, 0.6) is 0 Å². The zero-order valence-corrected chi connectivity index (χ0v) is 17.7. The number of aryl methyl sites for hydroxylation is 1. The maximum atomic E-state index is 12.3. The van der Waals surface area contributed by atoms with Crippen molar-refractivity contribution in [1.29, 1.82) is 0 Å². The Morgan fingerprint density at radius 2 is 1.57 bits per heavy atom. The Kier molecular flexibility index (Phi) is 8.07. The molecule has 0 aromatic heterocycles. The number of carbonyl (C=O) groups is 1. The SMILES string of the molecule is Cc1ccccc1CSCCNC(=O)c1ccc(CSc2ccccc2)cc1. The third-order valence-electron chi connectivity index (χ3n) is 4.42. The van der Waals surface area contributed by atoms with Gasteiger partial charge in [0.15, 0.2) is 0 Å². The highest BCUT2D eigenvalue weighted by Gasteiger charge is 2.05. The van der Waals surface area contributed by atoms with Crippen molar-refractivity contribution in [2.24, 2.45) is 0 Å². The molecule has 0 fully saturated rings. The predicted octanol–water partition coefficient (Wildman–Crippen LogP) is 5.95. The maximum Gasteiger partial charge on any atom is 0.251 e. The van der Waals surface area contributed by atoms with Gasteiger partial charge in [-0.3, -0.25) is 4.79 Å². The lowest BCUT2D eigenvalue weighted by Crippen LogP contribution is -2.25. The van der Waals surface area contributed by atoms with Crippen molar-refractivity contribution in [2.45, 2.75) is 23.3 Å². The van der Waals surface area contributed by atoms with Crippen molar-refractivity contribution in [3.8, 4) is 0 Å². The molecule has 0 unspecified atom stereocenters. The number of rotatable bonds is 9. The van der Waals surface area contributed by atoms with Crippen molar-refractivity contribution < 1.29 is 4.79 Å². The topological polar surface area (TPSA) is 29.1 Å². The van der Waals surface area contributed by atoms with E-state index < -0.39 is 0 Å². The van der Waals surface area contributed by atoms with E-state index in [-0.39, 0.29) is 5.91 Å². The standard InChI is InChI=1S/C24H25NOS2/c1-19-7-5-6-8-22(19)18-27-16-15-25-24(26)21-13-11-20(12-14-21)17-28-23-9-3-2-4-10-23/h2-14H,15-18H2,1H3,(H,25,26). The van der Waals surface area contributed by atoms with Gasteiger partial charge in [0.2, 0.25) is 0 Å². The second-order valence-electron chi connectivity index (χ2n) is 6.53. The molecule has 28 heavy (non-hydrogen) atoms. The van der Waals surface area contributed by atoms with Gasteiger partial charge >= 0.3 is 0 Å². The number of hydrogen-bond donors (Lipinski definition) is 1. The molecule has 3 aromatic carbocycles. The molecule has 3 aromatic rings. The first-order chi connectivity index (χ1) is 13.7. The minimum absolute atomic E-state index is 0.00115. The summed E-state index contributed by atoms with van der Waals surface area (Å²) in [5, 5.41) is 3.01. The molecule has 0 saturated carbocycles. The maximum absolute atomic E-state index is 12.3. The number of benzene rings is 3. The van der Waals surface area contributed by atoms with Gasteiger partial charge in [-0.05, 0) is 47.9 Å². The fourth-order valence-electron chi connectivity index (χ4n) is 2.73. The van der Waals surface area contributed by atoms with Crippen molar-refractivity contribution in [2.75, 3.05) is 12.3 Å². The average molecular weight is 408 g/mol. The molecular formula is C24H25NOS2. The van der Waals surface area contributed by atoms with Crippen molar-refractivity contribution in [1.82, 2.24) is 5.32 Å². The van der Waals surface area contributed by atoms with Gasteiger partial charge < -0.3 is 5.32 Å². The van der Waals surface area contributed by atoms with Gasteiger partial charge in [-0.25, -0.2) is 0 Å². The molecule has 2 nitrogen and oxygen atoms in total. The summed E-state index contributed by atoms with van der Waals surface area (Å²) in [6, 6.07) is 26.7. The highest BCUT2D eigenvalue weighted by atomic mass is 32.2. The van der Waals surface area contributed by atoms with Gasteiger partial charge in [0.1, 0.15) is 0 Å². The molecule has 0 bridgehead atoms. The van der Waals surface area contributed by atoms with Crippen LogP contribution in [-0.4, -0.2) is 18.2 Å². The molecule has 0 saturated heterocycles. The van der Waals surface area contributed by atoms with Crippen LogP contribution in [0.4, 0.5) is 0 Å². The van der Waals surface area contributed by atoms with E-state index in [1.807, 2.05) is 42.1 Å². The van der Waals surface area contributed by atoms with Crippen LogP contribution in [0.1, 0.15) is 27.0 Å². The summed E-state index contributed by atoms with van der Waals surface area (Å²) in [5.41, 5.74) is 4.63. The van der Waals surface area contributed by atoms with Crippen LogP contribution in [0.25, 0.3) is 0 Å². The molecule has 1 N–H and O–H groups in total. The minimum Gasteiger partial charge on any atom is -0.351 e. The lowest BCUT2D eigenvalue weighted by molar-refractivity contribution is 0.0956. The van der Waals surface area contributed by atoms with Crippen LogP contribution in [0.15, 0.2) is 83.8 Å². The number of amides is 1. The lowest BCUT2D eigenvalue weighted by Gasteiger charge is -2.08. The van der Waals surface area contributed by atoms with E-state index in [9.17, 15) is 4.79 Å². The Balaban J connectivity index is 1.38. The summed E-state index contributed by atoms with van der Waals surface area (Å²) < 4.78 is 0. The minimum atomic E-state index is -0.00115. The van der Waals surface area contributed by atoms with Crippen molar-refractivity contribution in [3.05, 3.63) is 101 Å².